The zero-order valence-electron chi connectivity index (χ0n) is 19.3. The molecule has 4 heterocycles. The van der Waals surface area contributed by atoms with Crippen molar-refractivity contribution >= 4 is 17.8 Å². The van der Waals surface area contributed by atoms with Gasteiger partial charge in [0.2, 0.25) is 0 Å². The molecule has 2 amide bonds. The third kappa shape index (κ3) is 4.72. The van der Waals surface area contributed by atoms with Crippen molar-refractivity contribution in [2.75, 3.05) is 32.2 Å². The number of rotatable bonds is 6. The molecule has 0 atom stereocenters. The minimum atomic E-state index is -0.624. The van der Waals surface area contributed by atoms with Crippen LogP contribution in [0.4, 0.5) is 15.0 Å². The van der Waals surface area contributed by atoms with E-state index in [1.807, 2.05) is 4.57 Å². The van der Waals surface area contributed by atoms with E-state index < -0.39 is 17.8 Å². The molecule has 0 radical (unpaired) electrons. The van der Waals surface area contributed by atoms with Crippen molar-refractivity contribution in [1.82, 2.24) is 24.6 Å². The van der Waals surface area contributed by atoms with Gasteiger partial charge < -0.3 is 24.3 Å². The molecule has 2 aromatic heterocycles. The number of carbonyl (C=O) groups excluding carboxylic acids is 2. The van der Waals surface area contributed by atoms with E-state index in [9.17, 15) is 14.0 Å². The molecule has 3 aromatic rings. The second kappa shape index (κ2) is 9.79. The van der Waals surface area contributed by atoms with Gasteiger partial charge in [-0.2, -0.15) is 0 Å². The van der Waals surface area contributed by atoms with E-state index in [1.165, 1.54) is 24.1 Å². The Kier molecular flexibility index (Phi) is 6.41. The van der Waals surface area contributed by atoms with Crippen LogP contribution < -0.4 is 5.32 Å². The van der Waals surface area contributed by atoms with Crippen LogP contribution in [-0.2, 0) is 35.4 Å². The van der Waals surface area contributed by atoms with Crippen molar-refractivity contribution in [3.8, 4) is 11.5 Å². The summed E-state index contributed by atoms with van der Waals surface area (Å²) in [4.78, 5) is 31.3. The van der Waals surface area contributed by atoms with E-state index in [0.717, 1.165) is 30.8 Å². The van der Waals surface area contributed by atoms with Gasteiger partial charge in [0, 0.05) is 33.2 Å². The summed E-state index contributed by atoms with van der Waals surface area (Å²) in [5, 5.41) is 11.1. The number of nitrogens with zero attached hydrogens (tertiary/aromatic N) is 5. The lowest BCUT2D eigenvalue weighted by atomic mass is 9.97. The summed E-state index contributed by atoms with van der Waals surface area (Å²) < 4.78 is 26.9. The molecule has 11 heteroatoms. The number of hydrogen-bond donors (Lipinski definition) is 1. The largest absolute Gasteiger partial charge is 0.447 e. The predicted molar refractivity (Wildman–Crippen MR) is 123 cm³/mol. The predicted octanol–water partition coefficient (Wildman–Crippen LogP) is 2.82. The molecule has 182 valence electrons. The van der Waals surface area contributed by atoms with Crippen LogP contribution in [0, 0.1) is 5.82 Å². The molecule has 0 spiro atoms. The fourth-order valence-electron chi connectivity index (χ4n) is 4.37. The highest BCUT2D eigenvalue weighted by Gasteiger charge is 2.25. The Hall–Kier alpha value is -3.86. The lowest BCUT2D eigenvalue weighted by Gasteiger charge is -2.28. The van der Waals surface area contributed by atoms with Gasteiger partial charge in [0.15, 0.2) is 5.82 Å². The standard InChI is InChI=1S/C24H25FN6O4/c1-34-10-11-35-24(33)30-9-7-15-13-18(25)17(12-16(15)14-30)23(32)27-20-5-2-4-19(26-20)22-29-28-21-6-3-8-31(21)22/h2,4-5,12-13H,3,6-11,14H2,1H3,(H,26,27,32). The van der Waals surface area contributed by atoms with Crippen LogP contribution in [-0.4, -0.2) is 63.5 Å². The topological polar surface area (TPSA) is 111 Å². The first-order valence-electron chi connectivity index (χ1n) is 11.5. The van der Waals surface area contributed by atoms with Gasteiger partial charge in [0.25, 0.3) is 5.91 Å². The first-order chi connectivity index (χ1) is 17.0. The van der Waals surface area contributed by atoms with Crippen LogP contribution >= 0.6 is 0 Å². The van der Waals surface area contributed by atoms with Crippen LogP contribution in [0.3, 0.4) is 0 Å². The maximum absolute atomic E-state index is 14.8. The third-order valence-electron chi connectivity index (χ3n) is 6.15. The van der Waals surface area contributed by atoms with Crippen molar-refractivity contribution in [1.29, 1.82) is 0 Å². The average Bonchev–Trinajstić information content (AvgIpc) is 3.48. The molecule has 0 fully saturated rings. The van der Waals surface area contributed by atoms with E-state index in [1.54, 1.807) is 18.2 Å². The molecular formula is C24H25FN6O4. The van der Waals surface area contributed by atoms with E-state index in [2.05, 4.69) is 20.5 Å². The number of fused-ring (bicyclic) bond motifs is 2. The minimum Gasteiger partial charge on any atom is -0.447 e. The summed E-state index contributed by atoms with van der Waals surface area (Å²) in [7, 11) is 1.53. The molecule has 0 saturated heterocycles. The number of benzene rings is 1. The van der Waals surface area contributed by atoms with Crippen molar-refractivity contribution in [2.24, 2.45) is 0 Å². The van der Waals surface area contributed by atoms with E-state index in [-0.39, 0.29) is 24.5 Å². The fraction of sp³-hybridized carbons (Fsp3) is 0.375. The summed E-state index contributed by atoms with van der Waals surface area (Å²) in [5.74, 6) is 0.600. The van der Waals surface area contributed by atoms with Crippen LogP contribution in [0.25, 0.3) is 11.5 Å². The highest BCUT2D eigenvalue weighted by atomic mass is 19.1. The van der Waals surface area contributed by atoms with Crippen molar-refractivity contribution in [2.45, 2.75) is 32.4 Å². The molecule has 0 aliphatic carbocycles. The van der Waals surface area contributed by atoms with Gasteiger partial charge >= 0.3 is 6.09 Å². The maximum atomic E-state index is 14.8. The second-order valence-corrected chi connectivity index (χ2v) is 8.44. The summed E-state index contributed by atoms with van der Waals surface area (Å²) in [6, 6.07) is 8.04. The Morgan fingerprint density at radius 1 is 1.11 bits per heavy atom. The highest BCUT2D eigenvalue weighted by molar-refractivity contribution is 6.04. The quantitative estimate of drug-likeness (QED) is 0.540. The monoisotopic (exact) mass is 480 g/mol. The minimum absolute atomic E-state index is 0.117. The number of nitrogens with one attached hydrogen (secondary N) is 1. The Morgan fingerprint density at radius 3 is 2.86 bits per heavy atom. The number of aryl methyl sites for hydroxylation is 1. The van der Waals surface area contributed by atoms with Gasteiger partial charge in [0.1, 0.15) is 29.8 Å². The van der Waals surface area contributed by atoms with Gasteiger partial charge in [-0.25, -0.2) is 14.2 Å². The number of halogens is 1. The smallest absolute Gasteiger partial charge is 0.410 e. The molecule has 10 nitrogen and oxygen atoms in total. The number of anilines is 1. The van der Waals surface area contributed by atoms with E-state index in [4.69, 9.17) is 9.47 Å². The first-order valence-corrected chi connectivity index (χ1v) is 11.5. The maximum Gasteiger partial charge on any atom is 0.410 e. The van der Waals surface area contributed by atoms with Crippen LogP contribution in [0.2, 0.25) is 0 Å². The van der Waals surface area contributed by atoms with Crippen LogP contribution in [0.5, 0.6) is 0 Å². The van der Waals surface area contributed by atoms with Gasteiger partial charge in [-0.15, -0.1) is 10.2 Å². The zero-order valence-corrected chi connectivity index (χ0v) is 19.3. The Balaban J connectivity index is 1.32. The average molecular weight is 481 g/mol. The lowest BCUT2D eigenvalue weighted by molar-refractivity contribution is 0.0688. The molecule has 0 saturated carbocycles. The van der Waals surface area contributed by atoms with Crippen LogP contribution in [0.15, 0.2) is 30.3 Å². The number of carbonyl (C=O) groups is 2. The SMILES string of the molecule is COCCOC(=O)N1CCc2cc(F)c(C(=O)Nc3cccc(-c4nnc5n4CCC5)n3)cc2C1. The summed E-state index contributed by atoms with van der Waals surface area (Å²) in [6.07, 6.45) is 1.89. The van der Waals surface area contributed by atoms with Gasteiger partial charge in [0.05, 0.1) is 12.2 Å². The number of hydrogen-bond acceptors (Lipinski definition) is 7. The summed E-state index contributed by atoms with van der Waals surface area (Å²) >= 11 is 0. The molecule has 1 N–H and O–H groups in total. The first kappa shape index (κ1) is 22.9. The summed E-state index contributed by atoms with van der Waals surface area (Å²) in [6.45, 7) is 1.92. The Bertz CT molecular complexity index is 1280. The van der Waals surface area contributed by atoms with E-state index in [0.29, 0.717) is 36.7 Å². The number of methoxy groups -OCH3 is 1. The van der Waals surface area contributed by atoms with Gasteiger partial charge in [-0.3, -0.25) is 4.79 Å². The van der Waals surface area contributed by atoms with Crippen LogP contribution in [0.1, 0.15) is 33.7 Å². The van der Waals surface area contributed by atoms with E-state index >= 15 is 0 Å². The molecule has 0 bridgehead atoms. The van der Waals surface area contributed by atoms with Crippen molar-refractivity contribution in [3.05, 3.63) is 58.7 Å². The number of ether oxygens (including phenoxy) is 2. The van der Waals surface area contributed by atoms with Gasteiger partial charge in [-0.05, 0) is 48.2 Å². The van der Waals surface area contributed by atoms with Gasteiger partial charge in [-0.1, -0.05) is 6.07 Å². The molecule has 35 heavy (non-hydrogen) atoms. The molecule has 1 aromatic carbocycles. The zero-order chi connectivity index (χ0) is 24.4. The lowest BCUT2D eigenvalue weighted by Crippen LogP contribution is -2.37. The third-order valence-corrected chi connectivity index (χ3v) is 6.15. The Labute approximate surface area is 201 Å². The molecular weight excluding hydrogens is 455 g/mol. The molecule has 0 unspecified atom stereocenters. The number of amides is 2. The number of aromatic nitrogens is 4. The molecule has 5 rings (SSSR count). The second-order valence-electron chi connectivity index (χ2n) is 8.44. The van der Waals surface area contributed by atoms with Crippen molar-refractivity contribution < 1.29 is 23.5 Å². The molecule has 2 aliphatic heterocycles. The number of pyridine rings is 1. The molecule has 2 aliphatic rings. The fourth-order valence-corrected chi connectivity index (χ4v) is 4.37. The van der Waals surface area contributed by atoms with Crippen molar-refractivity contribution in [3.63, 3.8) is 0 Å². The normalized spacial score (nSPS) is 14.4. The summed E-state index contributed by atoms with van der Waals surface area (Å²) in [5.41, 5.74) is 1.93. The highest BCUT2D eigenvalue weighted by Crippen LogP contribution is 2.25. The Morgan fingerprint density at radius 2 is 2.00 bits per heavy atom.